The van der Waals surface area contributed by atoms with Crippen LogP contribution in [0.15, 0.2) is 42.6 Å². The van der Waals surface area contributed by atoms with Gasteiger partial charge in [0.2, 0.25) is 0 Å². The van der Waals surface area contributed by atoms with Crippen molar-refractivity contribution < 1.29 is 22.3 Å². The third kappa shape index (κ3) is 3.69. The van der Waals surface area contributed by atoms with Gasteiger partial charge in [-0.05, 0) is 30.3 Å². The van der Waals surface area contributed by atoms with E-state index in [1.807, 2.05) is 0 Å². The van der Waals surface area contributed by atoms with Gasteiger partial charge in [-0.1, -0.05) is 6.07 Å². The quantitative estimate of drug-likeness (QED) is 0.881. The Labute approximate surface area is 118 Å². The molecule has 1 unspecified atom stereocenters. The second-order valence-electron chi connectivity index (χ2n) is 4.24. The predicted octanol–water partition coefficient (Wildman–Crippen LogP) is 3.32. The van der Waals surface area contributed by atoms with Crippen LogP contribution in [-0.4, -0.2) is 11.5 Å². The van der Waals surface area contributed by atoms with Crippen molar-refractivity contribution in [1.82, 2.24) is 4.98 Å². The highest BCUT2D eigenvalue weighted by Gasteiger charge is 2.34. The van der Waals surface area contributed by atoms with Crippen LogP contribution in [0.3, 0.4) is 0 Å². The van der Waals surface area contributed by atoms with Gasteiger partial charge >= 0.3 is 6.18 Å². The lowest BCUT2D eigenvalue weighted by atomic mass is 10.2. The smallest absolute Gasteiger partial charge is 0.419 e. The summed E-state index contributed by atoms with van der Waals surface area (Å²) >= 11 is 0. The summed E-state index contributed by atoms with van der Waals surface area (Å²) in [6.07, 6.45) is -3.97. The molecular formula is C14H12F4N2O. The Bertz CT molecular complexity index is 602. The largest absolute Gasteiger partial charge is 0.483 e. The minimum Gasteiger partial charge on any atom is -0.483 e. The molecular weight excluding hydrogens is 288 g/mol. The molecule has 3 nitrogen and oxygen atoms in total. The molecule has 1 atom stereocenters. The van der Waals surface area contributed by atoms with Crippen LogP contribution in [0.25, 0.3) is 0 Å². The van der Waals surface area contributed by atoms with Gasteiger partial charge in [-0.15, -0.1) is 0 Å². The zero-order valence-electron chi connectivity index (χ0n) is 10.8. The lowest BCUT2D eigenvalue weighted by Crippen LogP contribution is -2.20. The van der Waals surface area contributed by atoms with Gasteiger partial charge in [-0.3, -0.25) is 4.98 Å². The van der Waals surface area contributed by atoms with Gasteiger partial charge < -0.3 is 10.5 Å². The second-order valence-corrected chi connectivity index (χ2v) is 4.24. The minimum atomic E-state index is -4.79. The van der Waals surface area contributed by atoms with E-state index in [1.165, 1.54) is 6.20 Å². The van der Waals surface area contributed by atoms with Crippen molar-refractivity contribution in [3.63, 3.8) is 0 Å². The zero-order valence-corrected chi connectivity index (χ0v) is 10.8. The lowest BCUT2D eigenvalue weighted by molar-refractivity contribution is -0.140. The summed E-state index contributed by atoms with van der Waals surface area (Å²) in [7, 11) is 0. The van der Waals surface area contributed by atoms with E-state index in [0.717, 1.165) is 6.07 Å². The fraction of sp³-hybridized carbons (Fsp3) is 0.214. The SMILES string of the molecule is NCC(Oc1ccc(F)c(C(F)(F)F)c1)c1ccccn1. The fourth-order valence-electron chi connectivity index (χ4n) is 1.75. The molecule has 1 aromatic heterocycles. The highest BCUT2D eigenvalue weighted by atomic mass is 19.4. The third-order valence-corrected chi connectivity index (χ3v) is 2.75. The molecule has 0 fully saturated rings. The van der Waals surface area contributed by atoms with Crippen LogP contribution in [0, 0.1) is 5.82 Å². The van der Waals surface area contributed by atoms with Crippen molar-refractivity contribution in [3.8, 4) is 5.75 Å². The number of benzene rings is 1. The zero-order chi connectivity index (χ0) is 15.5. The van der Waals surface area contributed by atoms with Gasteiger partial charge in [0.15, 0.2) is 6.10 Å². The highest BCUT2D eigenvalue weighted by molar-refractivity contribution is 5.32. The van der Waals surface area contributed by atoms with Crippen molar-refractivity contribution in [1.29, 1.82) is 0 Å². The first-order valence-electron chi connectivity index (χ1n) is 6.06. The van der Waals surface area contributed by atoms with E-state index >= 15 is 0 Å². The topological polar surface area (TPSA) is 48.1 Å². The van der Waals surface area contributed by atoms with E-state index in [2.05, 4.69) is 4.98 Å². The first kappa shape index (κ1) is 15.2. The third-order valence-electron chi connectivity index (χ3n) is 2.75. The Morgan fingerprint density at radius 3 is 2.52 bits per heavy atom. The molecule has 0 amide bonds. The molecule has 7 heteroatoms. The van der Waals surface area contributed by atoms with Crippen LogP contribution in [0.1, 0.15) is 17.4 Å². The molecule has 2 aromatic rings. The summed E-state index contributed by atoms with van der Waals surface area (Å²) in [5, 5.41) is 0. The fourth-order valence-corrected chi connectivity index (χ4v) is 1.75. The van der Waals surface area contributed by atoms with Crippen LogP contribution in [-0.2, 0) is 6.18 Å². The standard InChI is InChI=1S/C14H12F4N2O/c15-11-5-4-9(7-10(11)14(16,17)18)21-13(8-19)12-3-1-2-6-20-12/h1-7,13H,8,19H2. The molecule has 0 spiro atoms. The molecule has 0 saturated carbocycles. The summed E-state index contributed by atoms with van der Waals surface area (Å²) in [6, 6.07) is 7.49. The Morgan fingerprint density at radius 2 is 1.95 bits per heavy atom. The maximum absolute atomic E-state index is 13.2. The molecule has 0 radical (unpaired) electrons. The van der Waals surface area contributed by atoms with Crippen LogP contribution in [0.5, 0.6) is 5.75 Å². The molecule has 1 heterocycles. The lowest BCUT2D eigenvalue weighted by Gasteiger charge is -2.18. The summed E-state index contributed by atoms with van der Waals surface area (Å²) in [6.45, 7) is 0.0236. The maximum Gasteiger partial charge on any atom is 0.419 e. The maximum atomic E-state index is 13.2. The van der Waals surface area contributed by atoms with Gasteiger partial charge in [0.05, 0.1) is 11.3 Å². The average Bonchev–Trinajstić information content (AvgIpc) is 2.46. The molecule has 2 rings (SSSR count). The van der Waals surface area contributed by atoms with Gasteiger partial charge in [0, 0.05) is 12.7 Å². The molecule has 21 heavy (non-hydrogen) atoms. The molecule has 0 aliphatic heterocycles. The van der Waals surface area contributed by atoms with Crippen molar-refractivity contribution >= 4 is 0 Å². The van der Waals surface area contributed by atoms with Crippen molar-refractivity contribution in [2.45, 2.75) is 12.3 Å². The number of hydrogen-bond donors (Lipinski definition) is 1. The minimum absolute atomic E-state index is 0.0236. The number of alkyl halides is 3. The molecule has 0 bridgehead atoms. The number of ether oxygens (including phenoxy) is 1. The number of aromatic nitrogens is 1. The van der Waals surface area contributed by atoms with Gasteiger partial charge in [0.1, 0.15) is 11.6 Å². The number of halogens is 4. The molecule has 2 N–H and O–H groups in total. The number of rotatable bonds is 4. The number of nitrogens with zero attached hydrogens (tertiary/aromatic N) is 1. The van der Waals surface area contributed by atoms with E-state index in [9.17, 15) is 17.6 Å². The van der Waals surface area contributed by atoms with Crippen molar-refractivity contribution in [2.75, 3.05) is 6.54 Å². The summed E-state index contributed by atoms with van der Waals surface area (Å²) < 4.78 is 56.5. The van der Waals surface area contributed by atoms with Crippen LogP contribution >= 0.6 is 0 Å². The van der Waals surface area contributed by atoms with Gasteiger partial charge in [0.25, 0.3) is 0 Å². The molecule has 1 aromatic carbocycles. The Balaban J connectivity index is 2.27. The number of nitrogens with two attached hydrogens (primary N) is 1. The van der Waals surface area contributed by atoms with E-state index in [4.69, 9.17) is 10.5 Å². The normalized spacial score (nSPS) is 13.0. The van der Waals surface area contributed by atoms with Crippen molar-refractivity contribution in [3.05, 3.63) is 59.7 Å². The van der Waals surface area contributed by atoms with Crippen molar-refractivity contribution in [2.24, 2.45) is 5.73 Å². The highest BCUT2D eigenvalue weighted by Crippen LogP contribution is 2.34. The molecule has 0 aliphatic rings. The van der Waals surface area contributed by atoms with Crippen LogP contribution in [0.4, 0.5) is 17.6 Å². The van der Waals surface area contributed by atoms with Gasteiger partial charge in [-0.25, -0.2) is 4.39 Å². The van der Waals surface area contributed by atoms with E-state index < -0.39 is 23.7 Å². The molecule has 112 valence electrons. The monoisotopic (exact) mass is 300 g/mol. The Hall–Kier alpha value is -2.15. The van der Waals surface area contributed by atoms with Gasteiger partial charge in [-0.2, -0.15) is 13.2 Å². The average molecular weight is 300 g/mol. The summed E-state index contributed by atoms with van der Waals surface area (Å²) in [4.78, 5) is 4.03. The van der Waals surface area contributed by atoms with Crippen LogP contribution < -0.4 is 10.5 Å². The first-order chi connectivity index (χ1) is 9.91. The Morgan fingerprint density at radius 1 is 1.19 bits per heavy atom. The molecule has 0 aliphatic carbocycles. The summed E-state index contributed by atoms with van der Waals surface area (Å²) in [5.74, 6) is -1.47. The number of pyridine rings is 1. The van der Waals surface area contributed by atoms with E-state index in [-0.39, 0.29) is 12.3 Å². The predicted molar refractivity (Wildman–Crippen MR) is 68.1 cm³/mol. The number of hydrogen-bond acceptors (Lipinski definition) is 3. The first-order valence-corrected chi connectivity index (χ1v) is 6.06. The van der Waals surface area contributed by atoms with E-state index in [1.54, 1.807) is 18.2 Å². The summed E-state index contributed by atoms with van der Waals surface area (Å²) in [5.41, 5.74) is 4.65. The second kappa shape index (κ2) is 6.09. The van der Waals surface area contributed by atoms with E-state index in [0.29, 0.717) is 17.8 Å². The molecule has 0 saturated heterocycles. The Kier molecular flexibility index (Phi) is 4.42. The van der Waals surface area contributed by atoms with Crippen LogP contribution in [0.2, 0.25) is 0 Å².